The normalized spacial score (nSPS) is 20.3. The molecular weight excluding hydrogens is 268 g/mol. The molecule has 0 radical (unpaired) electrons. The first-order valence-electron chi connectivity index (χ1n) is 7.23. The van der Waals surface area contributed by atoms with Crippen molar-refractivity contribution in [1.29, 1.82) is 0 Å². The zero-order chi connectivity index (χ0) is 15.4. The number of aliphatic carboxylic acids is 1. The second-order valence-corrected chi connectivity index (χ2v) is 5.74. The second kappa shape index (κ2) is 6.72. The zero-order valence-corrected chi connectivity index (χ0v) is 12.5. The Hall–Kier alpha value is -1.88. The molecule has 0 bridgehead atoms. The molecule has 5 nitrogen and oxygen atoms in total. The highest BCUT2D eigenvalue weighted by molar-refractivity contribution is 5.84. The van der Waals surface area contributed by atoms with Crippen molar-refractivity contribution in [2.45, 2.75) is 18.9 Å². The molecule has 2 atom stereocenters. The maximum Gasteiger partial charge on any atom is 0.308 e. The SMILES string of the molecule is CN(C)C(C(=O)N1CCCC(C(=O)O)C1)c1ccccc1. The topological polar surface area (TPSA) is 60.9 Å². The largest absolute Gasteiger partial charge is 0.481 e. The van der Waals surface area contributed by atoms with Gasteiger partial charge < -0.3 is 10.0 Å². The van der Waals surface area contributed by atoms with Crippen LogP contribution < -0.4 is 0 Å². The molecule has 1 aliphatic heterocycles. The van der Waals surface area contributed by atoms with Crippen LogP contribution in [-0.2, 0) is 9.59 Å². The number of nitrogens with zero attached hydrogens (tertiary/aromatic N) is 2. The molecule has 5 heteroatoms. The lowest BCUT2D eigenvalue weighted by molar-refractivity contribution is -0.147. The van der Waals surface area contributed by atoms with Crippen LogP contribution in [0.5, 0.6) is 0 Å². The summed E-state index contributed by atoms with van der Waals surface area (Å²) >= 11 is 0. The summed E-state index contributed by atoms with van der Waals surface area (Å²) in [5.74, 6) is -1.27. The van der Waals surface area contributed by atoms with Gasteiger partial charge in [-0.15, -0.1) is 0 Å². The lowest BCUT2D eigenvalue weighted by Gasteiger charge is -2.35. The third-order valence-electron chi connectivity index (χ3n) is 3.95. The molecule has 1 aliphatic rings. The van der Waals surface area contributed by atoms with Crippen molar-refractivity contribution in [3.8, 4) is 0 Å². The summed E-state index contributed by atoms with van der Waals surface area (Å²) in [6, 6.07) is 9.24. The number of likely N-dealkylation sites (N-methyl/N-ethyl adjacent to an activating group) is 1. The van der Waals surface area contributed by atoms with E-state index in [1.807, 2.05) is 49.3 Å². The summed E-state index contributed by atoms with van der Waals surface area (Å²) in [5, 5.41) is 9.15. The number of hydrogen-bond donors (Lipinski definition) is 1. The standard InChI is InChI=1S/C16H22N2O3/c1-17(2)14(12-7-4-3-5-8-12)15(19)18-10-6-9-13(11-18)16(20)21/h3-5,7-8,13-14H,6,9-11H2,1-2H3,(H,20,21). The first-order chi connectivity index (χ1) is 10.0. The van der Waals surface area contributed by atoms with E-state index in [0.717, 1.165) is 12.0 Å². The van der Waals surface area contributed by atoms with E-state index in [-0.39, 0.29) is 11.9 Å². The lowest BCUT2D eigenvalue weighted by atomic mass is 9.96. The maximum absolute atomic E-state index is 12.8. The number of piperidine rings is 1. The van der Waals surface area contributed by atoms with Crippen LogP contribution in [0.3, 0.4) is 0 Å². The monoisotopic (exact) mass is 290 g/mol. The number of likely N-dealkylation sites (tertiary alicyclic amines) is 1. The number of carbonyl (C=O) groups is 2. The van der Waals surface area contributed by atoms with E-state index in [1.54, 1.807) is 4.90 Å². The van der Waals surface area contributed by atoms with Crippen LogP contribution in [0.15, 0.2) is 30.3 Å². The van der Waals surface area contributed by atoms with Gasteiger partial charge in [0.1, 0.15) is 6.04 Å². The van der Waals surface area contributed by atoms with E-state index in [9.17, 15) is 9.59 Å². The summed E-state index contributed by atoms with van der Waals surface area (Å²) in [4.78, 5) is 27.5. The molecule has 1 aromatic rings. The predicted molar refractivity (Wildman–Crippen MR) is 79.8 cm³/mol. The average Bonchev–Trinajstić information content (AvgIpc) is 2.48. The van der Waals surface area contributed by atoms with E-state index < -0.39 is 11.9 Å². The van der Waals surface area contributed by atoms with Gasteiger partial charge in [-0.3, -0.25) is 14.5 Å². The Balaban J connectivity index is 2.17. The van der Waals surface area contributed by atoms with Gasteiger partial charge in [0.25, 0.3) is 0 Å². The number of carboxylic acid groups (broad SMARTS) is 1. The molecule has 2 rings (SSSR count). The number of amides is 1. The summed E-state index contributed by atoms with van der Waals surface area (Å²) in [6.07, 6.45) is 1.40. The van der Waals surface area contributed by atoms with Crippen molar-refractivity contribution in [3.05, 3.63) is 35.9 Å². The molecule has 1 fully saturated rings. The number of hydrogen-bond acceptors (Lipinski definition) is 3. The van der Waals surface area contributed by atoms with Crippen LogP contribution in [0.2, 0.25) is 0 Å². The Bertz CT molecular complexity index is 502. The summed E-state index contributed by atoms with van der Waals surface area (Å²) in [5.41, 5.74) is 0.935. The number of carbonyl (C=O) groups excluding carboxylic acids is 1. The van der Waals surface area contributed by atoms with Crippen LogP contribution in [0.25, 0.3) is 0 Å². The van der Waals surface area contributed by atoms with E-state index in [0.29, 0.717) is 19.5 Å². The van der Waals surface area contributed by atoms with Crippen LogP contribution >= 0.6 is 0 Å². The molecule has 1 aromatic carbocycles. The third-order valence-corrected chi connectivity index (χ3v) is 3.95. The van der Waals surface area contributed by atoms with Gasteiger partial charge in [0.05, 0.1) is 5.92 Å². The molecule has 0 aliphatic carbocycles. The Morgan fingerprint density at radius 3 is 2.52 bits per heavy atom. The lowest BCUT2D eigenvalue weighted by Crippen LogP contribution is -2.46. The van der Waals surface area contributed by atoms with Crippen molar-refractivity contribution in [1.82, 2.24) is 9.80 Å². The minimum Gasteiger partial charge on any atom is -0.481 e. The Morgan fingerprint density at radius 1 is 1.29 bits per heavy atom. The van der Waals surface area contributed by atoms with Gasteiger partial charge in [-0.25, -0.2) is 0 Å². The number of carboxylic acids is 1. The van der Waals surface area contributed by atoms with Crippen molar-refractivity contribution < 1.29 is 14.7 Å². The van der Waals surface area contributed by atoms with Gasteiger partial charge in [0, 0.05) is 13.1 Å². The Morgan fingerprint density at radius 2 is 1.95 bits per heavy atom. The predicted octanol–water partition coefficient (Wildman–Crippen LogP) is 1.61. The molecule has 2 unspecified atom stereocenters. The van der Waals surface area contributed by atoms with Crippen molar-refractivity contribution in [2.75, 3.05) is 27.2 Å². The molecule has 0 aromatic heterocycles. The van der Waals surface area contributed by atoms with Gasteiger partial charge in [-0.1, -0.05) is 30.3 Å². The molecule has 1 saturated heterocycles. The highest BCUT2D eigenvalue weighted by Crippen LogP contribution is 2.24. The highest BCUT2D eigenvalue weighted by atomic mass is 16.4. The van der Waals surface area contributed by atoms with Gasteiger partial charge in [0.15, 0.2) is 0 Å². The number of benzene rings is 1. The molecule has 114 valence electrons. The minimum atomic E-state index is -0.811. The Labute approximate surface area is 125 Å². The fourth-order valence-corrected chi connectivity index (χ4v) is 2.85. The van der Waals surface area contributed by atoms with E-state index in [4.69, 9.17) is 5.11 Å². The van der Waals surface area contributed by atoms with E-state index >= 15 is 0 Å². The molecule has 0 spiro atoms. The second-order valence-electron chi connectivity index (χ2n) is 5.74. The molecular formula is C16H22N2O3. The van der Waals surface area contributed by atoms with Crippen LogP contribution in [0, 0.1) is 5.92 Å². The summed E-state index contributed by atoms with van der Waals surface area (Å²) in [6.45, 7) is 0.950. The van der Waals surface area contributed by atoms with Crippen LogP contribution in [0.1, 0.15) is 24.4 Å². The van der Waals surface area contributed by atoms with E-state index in [2.05, 4.69) is 0 Å². The smallest absolute Gasteiger partial charge is 0.308 e. The fourth-order valence-electron chi connectivity index (χ4n) is 2.85. The van der Waals surface area contributed by atoms with Crippen molar-refractivity contribution >= 4 is 11.9 Å². The summed E-state index contributed by atoms with van der Waals surface area (Å²) in [7, 11) is 3.74. The first-order valence-corrected chi connectivity index (χ1v) is 7.23. The quantitative estimate of drug-likeness (QED) is 0.915. The van der Waals surface area contributed by atoms with Crippen molar-refractivity contribution in [3.63, 3.8) is 0 Å². The number of rotatable bonds is 4. The van der Waals surface area contributed by atoms with Crippen molar-refractivity contribution in [2.24, 2.45) is 5.92 Å². The van der Waals surface area contributed by atoms with Gasteiger partial charge >= 0.3 is 5.97 Å². The average molecular weight is 290 g/mol. The third kappa shape index (κ3) is 3.61. The van der Waals surface area contributed by atoms with E-state index in [1.165, 1.54) is 0 Å². The molecule has 1 amide bonds. The maximum atomic E-state index is 12.8. The molecule has 1 heterocycles. The minimum absolute atomic E-state index is 0.0165. The fraction of sp³-hybridized carbons (Fsp3) is 0.500. The van der Waals surface area contributed by atoms with Gasteiger partial charge in [-0.2, -0.15) is 0 Å². The molecule has 21 heavy (non-hydrogen) atoms. The highest BCUT2D eigenvalue weighted by Gasteiger charge is 2.33. The van der Waals surface area contributed by atoms with Gasteiger partial charge in [0.2, 0.25) is 5.91 Å². The van der Waals surface area contributed by atoms with Crippen LogP contribution in [-0.4, -0.2) is 54.0 Å². The molecule has 0 saturated carbocycles. The molecule has 1 N–H and O–H groups in total. The van der Waals surface area contributed by atoms with Gasteiger partial charge in [-0.05, 0) is 32.5 Å². The van der Waals surface area contributed by atoms with Crippen LogP contribution in [0.4, 0.5) is 0 Å². The Kier molecular flexibility index (Phi) is 4.96. The zero-order valence-electron chi connectivity index (χ0n) is 12.5. The summed E-state index contributed by atoms with van der Waals surface area (Å²) < 4.78 is 0. The first kappa shape index (κ1) is 15.5.